The van der Waals surface area contributed by atoms with Crippen LogP contribution in [-0.2, 0) is 17.9 Å². The molecular weight excluding hydrogens is 260 g/mol. The Labute approximate surface area is 117 Å². The molecule has 2 rings (SSSR count). The summed E-state index contributed by atoms with van der Waals surface area (Å²) in [7, 11) is 1.64. The Morgan fingerprint density at radius 2 is 2.05 bits per heavy atom. The number of rotatable bonds is 7. The lowest BCUT2D eigenvalue weighted by Gasteiger charge is -2.09. The van der Waals surface area contributed by atoms with Gasteiger partial charge in [-0.3, -0.25) is 0 Å². The average Bonchev–Trinajstić information content (AvgIpc) is 2.90. The summed E-state index contributed by atoms with van der Waals surface area (Å²) in [5.74, 6) is 2.30. The highest BCUT2D eigenvalue weighted by Crippen LogP contribution is 2.15. The average molecular weight is 278 g/mol. The third-order valence-corrected chi connectivity index (χ3v) is 3.30. The highest BCUT2D eigenvalue weighted by molar-refractivity contribution is 7.09. The Hall–Kier alpha value is -1.66. The van der Waals surface area contributed by atoms with Crippen molar-refractivity contribution >= 4 is 23.0 Å². The van der Waals surface area contributed by atoms with E-state index in [1.54, 1.807) is 18.4 Å². The van der Waals surface area contributed by atoms with E-state index >= 15 is 0 Å². The molecule has 102 valence electrons. The van der Waals surface area contributed by atoms with E-state index in [4.69, 9.17) is 4.74 Å². The number of ether oxygens (including phenoxy) is 1. The van der Waals surface area contributed by atoms with Crippen LogP contribution in [0.25, 0.3) is 0 Å². The van der Waals surface area contributed by atoms with E-state index in [2.05, 4.69) is 32.0 Å². The molecule has 0 amide bonds. The maximum atomic E-state index is 5.09. The first kappa shape index (κ1) is 13.8. The summed E-state index contributed by atoms with van der Waals surface area (Å²) < 4.78 is 5.09. The van der Waals surface area contributed by atoms with E-state index in [9.17, 15) is 0 Å². The lowest BCUT2D eigenvalue weighted by molar-refractivity contribution is 0.178. The van der Waals surface area contributed by atoms with Crippen LogP contribution in [0.3, 0.4) is 0 Å². The van der Waals surface area contributed by atoms with Crippen molar-refractivity contribution in [2.45, 2.75) is 20.1 Å². The molecule has 0 saturated carbocycles. The second kappa shape index (κ2) is 7.06. The molecule has 2 heterocycles. The van der Waals surface area contributed by atoms with Crippen molar-refractivity contribution in [2.75, 3.05) is 24.3 Å². The molecule has 2 aromatic rings. The van der Waals surface area contributed by atoms with Crippen molar-refractivity contribution in [3.8, 4) is 0 Å². The normalized spacial score (nSPS) is 10.4. The zero-order valence-electron chi connectivity index (χ0n) is 11.1. The lowest BCUT2D eigenvalue weighted by Crippen LogP contribution is -2.08. The van der Waals surface area contributed by atoms with Gasteiger partial charge in [0, 0.05) is 24.6 Å². The van der Waals surface area contributed by atoms with E-state index in [0.29, 0.717) is 12.4 Å². The summed E-state index contributed by atoms with van der Waals surface area (Å²) >= 11 is 1.72. The zero-order chi connectivity index (χ0) is 13.5. The largest absolute Gasteiger partial charge is 0.377 e. The molecule has 0 fully saturated rings. The van der Waals surface area contributed by atoms with E-state index in [-0.39, 0.29) is 0 Å². The smallest absolute Gasteiger partial charge is 0.158 e. The Balaban J connectivity index is 2.08. The number of nitrogens with one attached hydrogen (secondary N) is 2. The van der Waals surface area contributed by atoms with Crippen molar-refractivity contribution in [2.24, 2.45) is 0 Å². The summed E-state index contributed by atoms with van der Waals surface area (Å²) in [6.07, 6.45) is 0. The Morgan fingerprint density at radius 3 is 2.68 bits per heavy atom. The summed E-state index contributed by atoms with van der Waals surface area (Å²) in [4.78, 5) is 10.1. The molecule has 0 aliphatic rings. The molecule has 0 aliphatic heterocycles. The predicted octanol–water partition coefficient (Wildman–Crippen LogP) is 2.73. The first-order valence-electron chi connectivity index (χ1n) is 6.19. The summed E-state index contributed by atoms with van der Waals surface area (Å²) in [5, 5.41) is 8.57. The van der Waals surface area contributed by atoms with Crippen molar-refractivity contribution < 1.29 is 4.74 Å². The third kappa shape index (κ3) is 4.18. The van der Waals surface area contributed by atoms with E-state index in [0.717, 1.165) is 24.7 Å². The van der Waals surface area contributed by atoms with Gasteiger partial charge in [0.1, 0.15) is 18.2 Å². The van der Waals surface area contributed by atoms with Gasteiger partial charge in [0.05, 0.1) is 6.54 Å². The number of anilines is 2. The molecule has 0 bridgehead atoms. The maximum absolute atomic E-state index is 5.09. The minimum atomic E-state index is 0.410. The minimum absolute atomic E-state index is 0.410. The molecule has 2 N–H and O–H groups in total. The molecule has 2 aromatic heterocycles. The molecule has 0 saturated heterocycles. The standard InChI is InChI=1S/C13H18N4OS/c1-3-14-11-7-12(17-13(16-11)9-18-2)15-8-10-5-4-6-19-10/h4-7H,3,8-9H2,1-2H3,(H2,14,15,16,17). The first-order chi connectivity index (χ1) is 9.31. The molecule has 5 nitrogen and oxygen atoms in total. The van der Waals surface area contributed by atoms with Gasteiger partial charge in [-0.25, -0.2) is 9.97 Å². The van der Waals surface area contributed by atoms with Gasteiger partial charge in [-0.05, 0) is 18.4 Å². The Morgan fingerprint density at radius 1 is 1.26 bits per heavy atom. The van der Waals surface area contributed by atoms with Crippen LogP contribution in [0.4, 0.5) is 11.6 Å². The highest BCUT2D eigenvalue weighted by atomic mass is 32.1. The van der Waals surface area contributed by atoms with Crippen LogP contribution in [0.2, 0.25) is 0 Å². The summed E-state index contributed by atoms with van der Waals surface area (Å²) in [6, 6.07) is 6.05. The van der Waals surface area contributed by atoms with Crippen LogP contribution < -0.4 is 10.6 Å². The van der Waals surface area contributed by atoms with Crippen molar-refractivity contribution in [3.05, 3.63) is 34.3 Å². The summed E-state index contributed by atoms with van der Waals surface area (Å²) in [5.41, 5.74) is 0. The fourth-order valence-electron chi connectivity index (χ4n) is 1.64. The molecule has 0 aliphatic carbocycles. The number of thiophene rings is 1. The van der Waals surface area contributed by atoms with Crippen LogP contribution in [0.1, 0.15) is 17.6 Å². The molecule has 0 unspecified atom stereocenters. The van der Waals surface area contributed by atoms with Gasteiger partial charge in [0.15, 0.2) is 5.82 Å². The Bertz CT molecular complexity index is 477. The number of hydrogen-bond acceptors (Lipinski definition) is 6. The second-order valence-electron chi connectivity index (χ2n) is 3.95. The van der Waals surface area contributed by atoms with Crippen LogP contribution in [-0.4, -0.2) is 23.6 Å². The lowest BCUT2D eigenvalue weighted by atomic mass is 10.4. The number of methoxy groups -OCH3 is 1. The van der Waals surface area contributed by atoms with Gasteiger partial charge in [-0.1, -0.05) is 6.07 Å². The quantitative estimate of drug-likeness (QED) is 0.815. The molecule has 0 aromatic carbocycles. The van der Waals surface area contributed by atoms with Gasteiger partial charge in [-0.15, -0.1) is 11.3 Å². The van der Waals surface area contributed by atoms with Gasteiger partial charge in [-0.2, -0.15) is 0 Å². The molecule has 6 heteroatoms. The number of nitrogens with zero attached hydrogens (tertiary/aromatic N) is 2. The van der Waals surface area contributed by atoms with Gasteiger partial charge < -0.3 is 15.4 Å². The monoisotopic (exact) mass is 278 g/mol. The summed E-state index contributed by atoms with van der Waals surface area (Å²) in [6.45, 7) is 4.05. The topological polar surface area (TPSA) is 59.1 Å². The second-order valence-corrected chi connectivity index (χ2v) is 4.98. The molecule has 0 atom stereocenters. The SMILES string of the molecule is CCNc1cc(NCc2cccs2)nc(COC)n1. The molecule has 0 radical (unpaired) electrons. The highest BCUT2D eigenvalue weighted by Gasteiger charge is 2.04. The van der Waals surface area contributed by atoms with E-state index < -0.39 is 0 Å². The molecule has 0 spiro atoms. The molecular formula is C13H18N4OS. The van der Waals surface area contributed by atoms with Crippen LogP contribution in [0, 0.1) is 0 Å². The van der Waals surface area contributed by atoms with Crippen LogP contribution in [0.15, 0.2) is 23.6 Å². The fraction of sp³-hybridized carbons (Fsp3) is 0.385. The van der Waals surface area contributed by atoms with Crippen LogP contribution in [0.5, 0.6) is 0 Å². The first-order valence-corrected chi connectivity index (χ1v) is 7.06. The van der Waals surface area contributed by atoms with Crippen molar-refractivity contribution in [3.63, 3.8) is 0 Å². The number of hydrogen-bond donors (Lipinski definition) is 2. The fourth-order valence-corrected chi connectivity index (χ4v) is 2.29. The zero-order valence-corrected chi connectivity index (χ0v) is 12.0. The maximum Gasteiger partial charge on any atom is 0.158 e. The number of aromatic nitrogens is 2. The molecule has 19 heavy (non-hydrogen) atoms. The van der Waals surface area contributed by atoms with Crippen molar-refractivity contribution in [1.82, 2.24) is 9.97 Å². The van der Waals surface area contributed by atoms with Crippen molar-refractivity contribution in [1.29, 1.82) is 0 Å². The van der Waals surface area contributed by atoms with Gasteiger partial charge >= 0.3 is 0 Å². The van der Waals surface area contributed by atoms with Crippen LogP contribution >= 0.6 is 11.3 Å². The third-order valence-electron chi connectivity index (χ3n) is 2.43. The predicted molar refractivity (Wildman–Crippen MR) is 78.6 cm³/mol. The van der Waals surface area contributed by atoms with Gasteiger partial charge in [0.2, 0.25) is 0 Å². The van der Waals surface area contributed by atoms with E-state index in [1.165, 1.54) is 4.88 Å². The Kier molecular flexibility index (Phi) is 5.11. The van der Waals surface area contributed by atoms with Gasteiger partial charge in [0.25, 0.3) is 0 Å². The van der Waals surface area contributed by atoms with E-state index in [1.807, 2.05) is 19.1 Å². The minimum Gasteiger partial charge on any atom is -0.377 e.